The van der Waals surface area contributed by atoms with Crippen LogP contribution in [0.5, 0.6) is 0 Å². The smallest absolute Gasteiger partial charge is 0.300 e. The molecule has 1 aliphatic heterocycles. The van der Waals surface area contributed by atoms with Crippen LogP contribution in [0.3, 0.4) is 0 Å². The van der Waals surface area contributed by atoms with Crippen LogP contribution in [0.25, 0.3) is 0 Å². The number of rotatable bonds is 5. The second-order valence-electron chi connectivity index (χ2n) is 6.16. The maximum atomic E-state index is 13.5. The van der Waals surface area contributed by atoms with E-state index < -0.39 is 17.5 Å². The monoisotopic (exact) mass is 355 g/mol. The Hall–Kier alpha value is -3.06. The van der Waals surface area contributed by atoms with Gasteiger partial charge in [-0.1, -0.05) is 12.1 Å². The summed E-state index contributed by atoms with van der Waals surface area (Å²) in [6, 6.07) is 10.8. The van der Waals surface area contributed by atoms with Gasteiger partial charge in [-0.05, 0) is 42.9 Å². The summed E-state index contributed by atoms with van der Waals surface area (Å²) in [5, 5.41) is 2.56. The van der Waals surface area contributed by atoms with Crippen LogP contribution in [-0.2, 0) is 11.3 Å². The van der Waals surface area contributed by atoms with E-state index in [0.717, 1.165) is 5.56 Å². The SMILES string of the molecule is CNC(=O)c1ccc(CN(C)CN2C(=O)C(=O)c3ccc(F)cc32)cc1. The molecule has 0 aliphatic carbocycles. The van der Waals surface area contributed by atoms with Gasteiger partial charge in [-0.2, -0.15) is 0 Å². The second-order valence-corrected chi connectivity index (χ2v) is 6.16. The van der Waals surface area contributed by atoms with Crippen molar-refractivity contribution in [3.05, 3.63) is 65.0 Å². The summed E-state index contributed by atoms with van der Waals surface area (Å²) in [7, 11) is 3.36. The highest BCUT2D eigenvalue weighted by molar-refractivity contribution is 6.52. The van der Waals surface area contributed by atoms with Crippen molar-refractivity contribution in [1.29, 1.82) is 0 Å². The first-order chi connectivity index (χ1) is 12.4. The number of ketones is 1. The molecule has 7 heteroatoms. The van der Waals surface area contributed by atoms with Crippen molar-refractivity contribution in [3.8, 4) is 0 Å². The molecule has 0 saturated heterocycles. The highest BCUT2D eigenvalue weighted by atomic mass is 19.1. The Balaban J connectivity index is 1.71. The van der Waals surface area contributed by atoms with Gasteiger partial charge in [0.05, 0.1) is 17.9 Å². The zero-order valence-corrected chi connectivity index (χ0v) is 14.5. The quantitative estimate of drug-likeness (QED) is 0.831. The van der Waals surface area contributed by atoms with E-state index in [0.29, 0.717) is 17.8 Å². The lowest BCUT2D eigenvalue weighted by Gasteiger charge is -2.24. The van der Waals surface area contributed by atoms with Gasteiger partial charge in [0.1, 0.15) is 5.82 Å². The number of nitrogens with zero attached hydrogens (tertiary/aromatic N) is 2. The Kier molecular flexibility index (Phi) is 4.81. The number of amides is 2. The third-order valence-corrected chi connectivity index (χ3v) is 4.21. The number of carbonyl (C=O) groups excluding carboxylic acids is 3. The van der Waals surface area contributed by atoms with Crippen molar-refractivity contribution in [1.82, 2.24) is 10.2 Å². The third kappa shape index (κ3) is 3.34. The maximum Gasteiger partial charge on any atom is 0.300 e. The molecular weight excluding hydrogens is 337 g/mol. The minimum atomic E-state index is -0.660. The largest absolute Gasteiger partial charge is 0.355 e. The van der Waals surface area contributed by atoms with Crippen LogP contribution in [0.4, 0.5) is 10.1 Å². The lowest BCUT2D eigenvalue weighted by molar-refractivity contribution is -0.114. The van der Waals surface area contributed by atoms with Crippen molar-refractivity contribution in [2.24, 2.45) is 0 Å². The molecule has 1 heterocycles. The first kappa shape index (κ1) is 17.8. The molecule has 0 radical (unpaired) electrons. The topological polar surface area (TPSA) is 69.7 Å². The molecule has 3 rings (SSSR count). The Morgan fingerprint density at radius 3 is 2.50 bits per heavy atom. The molecule has 2 amide bonds. The van der Waals surface area contributed by atoms with Gasteiger partial charge in [0.25, 0.3) is 11.7 Å². The van der Waals surface area contributed by atoms with Gasteiger partial charge in [-0.3, -0.25) is 24.2 Å². The molecule has 2 aromatic rings. The van der Waals surface area contributed by atoms with Gasteiger partial charge in [0.15, 0.2) is 0 Å². The molecule has 2 aromatic carbocycles. The first-order valence-corrected chi connectivity index (χ1v) is 8.06. The van der Waals surface area contributed by atoms with Gasteiger partial charge in [0, 0.05) is 19.2 Å². The Morgan fingerprint density at radius 1 is 1.15 bits per heavy atom. The number of fused-ring (bicyclic) bond motifs is 1. The molecule has 6 nitrogen and oxygen atoms in total. The van der Waals surface area contributed by atoms with Crippen molar-refractivity contribution in [3.63, 3.8) is 0 Å². The standard InChI is InChI=1S/C19H18FN3O3/c1-21-18(25)13-5-3-12(4-6-13)10-22(2)11-23-16-9-14(20)7-8-15(16)17(24)19(23)26/h3-9H,10-11H2,1-2H3,(H,21,25). The number of halogens is 1. The van der Waals surface area contributed by atoms with Crippen molar-refractivity contribution in [2.75, 3.05) is 25.7 Å². The zero-order valence-electron chi connectivity index (χ0n) is 14.5. The molecule has 26 heavy (non-hydrogen) atoms. The van der Waals surface area contributed by atoms with Crippen LogP contribution in [0.15, 0.2) is 42.5 Å². The molecule has 134 valence electrons. The fourth-order valence-electron chi connectivity index (χ4n) is 2.92. The van der Waals surface area contributed by atoms with Gasteiger partial charge in [-0.15, -0.1) is 0 Å². The van der Waals surface area contributed by atoms with Gasteiger partial charge >= 0.3 is 5.91 Å². The van der Waals surface area contributed by atoms with E-state index >= 15 is 0 Å². The van der Waals surface area contributed by atoms with Crippen LogP contribution in [0, 0.1) is 5.82 Å². The first-order valence-electron chi connectivity index (χ1n) is 8.06. The number of hydrogen-bond donors (Lipinski definition) is 1. The maximum absolute atomic E-state index is 13.5. The average molecular weight is 355 g/mol. The second kappa shape index (κ2) is 7.05. The molecular formula is C19H18FN3O3. The van der Waals surface area contributed by atoms with Crippen LogP contribution in [0.2, 0.25) is 0 Å². The molecule has 0 unspecified atom stereocenters. The van der Waals surface area contributed by atoms with E-state index in [1.807, 2.05) is 17.0 Å². The molecule has 0 aromatic heterocycles. The fourth-order valence-corrected chi connectivity index (χ4v) is 2.92. The number of carbonyl (C=O) groups is 3. The summed E-state index contributed by atoms with van der Waals surface area (Å²) in [4.78, 5) is 38.9. The van der Waals surface area contributed by atoms with E-state index in [4.69, 9.17) is 0 Å². The van der Waals surface area contributed by atoms with Gasteiger partial charge < -0.3 is 5.32 Å². The third-order valence-electron chi connectivity index (χ3n) is 4.21. The molecule has 0 spiro atoms. The molecule has 0 atom stereocenters. The number of benzene rings is 2. The van der Waals surface area contributed by atoms with E-state index in [1.54, 1.807) is 26.2 Å². The highest BCUT2D eigenvalue weighted by Crippen LogP contribution is 2.29. The van der Waals surface area contributed by atoms with Crippen LogP contribution >= 0.6 is 0 Å². The summed E-state index contributed by atoms with van der Waals surface area (Å²) in [6.45, 7) is 0.648. The lowest BCUT2D eigenvalue weighted by Crippen LogP contribution is -2.39. The molecule has 0 bridgehead atoms. The molecule has 0 saturated carbocycles. The highest BCUT2D eigenvalue weighted by Gasteiger charge is 2.36. The van der Waals surface area contributed by atoms with E-state index in [-0.39, 0.29) is 18.1 Å². The van der Waals surface area contributed by atoms with Gasteiger partial charge in [-0.25, -0.2) is 4.39 Å². The van der Waals surface area contributed by atoms with Gasteiger partial charge in [0.2, 0.25) is 0 Å². The van der Waals surface area contributed by atoms with Crippen LogP contribution < -0.4 is 10.2 Å². The molecule has 1 aliphatic rings. The number of anilines is 1. The van der Waals surface area contributed by atoms with Crippen molar-refractivity contribution in [2.45, 2.75) is 6.54 Å². The molecule has 1 N–H and O–H groups in total. The summed E-state index contributed by atoms with van der Waals surface area (Å²) in [5.74, 6) is -1.94. The molecule has 0 fully saturated rings. The van der Waals surface area contributed by atoms with E-state index in [1.165, 1.54) is 23.1 Å². The van der Waals surface area contributed by atoms with Crippen LogP contribution in [0.1, 0.15) is 26.3 Å². The summed E-state index contributed by atoms with van der Waals surface area (Å²) in [6.07, 6.45) is 0. The number of Topliss-reactive ketones (excluding diaryl/α,β-unsaturated/α-hetero) is 1. The predicted molar refractivity (Wildman–Crippen MR) is 94.4 cm³/mol. The van der Waals surface area contributed by atoms with Crippen molar-refractivity contribution < 1.29 is 18.8 Å². The minimum Gasteiger partial charge on any atom is -0.355 e. The number of nitrogens with one attached hydrogen (secondary N) is 1. The minimum absolute atomic E-state index is 0.151. The average Bonchev–Trinajstić information content (AvgIpc) is 2.86. The zero-order chi connectivity index (χ0) is 18.8. The lowest BCUT2D eigenvalue weighted by atomic mass is 10.1. The Labute approximate surface area is 150 Å². The van der Waals surface area contributed by atoms with E-state index in [2.05, 4.69) is 5.32 Å². The van der Waals surface area contributed by atoms with Crippen molar-refractivity contribution >= 4 is 23.3 Å². The summed E-state index contributed by atoms with van der Waals surface area (Å²) in [5.41, 5.74) is 2.02. The Bertz CT molecular complexity index is 880. The Morgan fingerprint density at radius 2 is 1.85 bits per heavy atom. The number of hydrogen-bond acceptors (Lipinski definition) is 4. The normalized spacial score (nSPS) is 13.3. The van der Waals surface area contributed by atoms with E-state index in [9.17, 15) is 18.8 Å². The summed E-state index contributed by atoms with van der Waals surface area (Å²) < 4.78 is 13.5. The summed E-state index contributed by atoms with van der Waals surface area (Å²) >= 11 is 0. The van der Waals surface area contributed by atoms with Crippen LogP contribution in [-0.4, -0.2) is 43.3 Å². The fraction of sp³-hybridized carbons (Fsp3) is 0.211. The predicted octanol–water partition coefficient (Wildman–Crippen LogP) is 1.80.